The zero-order valence-electron chi connectivity index (χ0n) is 12.3. The molecule has 1 aliphatic rings. The number of piperazine rings is 1. The Kier molecular flexibility index (Phi) is 4.34. The van der Waals surface area contributed by atoms with Crippen LogP contribution in [-0.2, 0) is 0 Å². The van der Waals surface area contributed by atoms with E-state index in [0.29, 0.717) is 32.0 Å². The van der Waals surface area contributed by atoms with Crippen LogP contribution in [0.15, 0.2) is 42.6 Å². The van der Waals surface area contributed by atoms with Crippen molar-refractivity contribution in [3.63, 3.8) is 0 Å². The molecule has 0 saturated carbocycles. The molecule has 3 rings (SSSR count). The van der Waals surface area contributed by atoms with Gasteiger partial charge in [0.2, 0.25) is 0 Å². The maximum absolute atomic E-state index is 13.9. The molecule has 1 fully saturated rings. The number of carbonyl (C=O) groups is 1. The lowest BCUT2D eigenvalue weighted by atomic mass is 10.1. The minimum Gasteiger partial charge on any atom is -0.350 e. The SMILES string of the molecule is O=C(c1c(F)cccc1Cl)N1CCN(c2cccc[n+]2O)CC1. The Labute approximate surface area is 138 Å². The lowest BCUT2D eigenvalue weighted by Crippen LogP contribution is -2.52. The van der Waals surface area contributed by atoms with E-state index in [-0.39, 0.29) is 10.6 Å². The molecule has 1 N–H and O–H groups in total. The first-order valence-corrected chi connectivity index (χ1v) is 7.64. The predicted octanol–water partition coefficient (Wildman–Crippen LogP) is 1.97. The van der Waals surface area contributed by atoms with Crippen molar-refractivity contribution >= 4 is 23.3 Å². The van der Waals surface area contributed by atoms with Crippen LogP contribution in [0, 0.1) is 5.82 Å². The van der Waals surface area contributed by atoms with Crippen LogP contribution in [0.3, 0.4) is 0 Å². The molecule has 0 radical (unpaired) electrons. The number of aromatic nitrogens is 1. The zero-order valence-corrected chi connectivity index (χ0v) is 13.1. The number of rotatable bonds is 2. The van der Waals surface area contributed by atoms with Crippen molar-refractivity contribution < 1.29 is 19.1 Å². The van der Waals surface area contributed by atoms with Crippen LogP contribution < -0.4 is 9.63 Å². The molecule has 120 valence electrons. The van der Waals surface area contributed by atoms with Gasteiger partial charge in [-0.2, -0.15) is 0 Å². The van der Waals surface area contributed by atoms with Gasteiger partial charge in [0, 0.05) is 6.07 Å². The number of benzene rings is 1. The number of carbonyl (C=O) groups excluding carboxylic acids is 1. The van der Waals surface area contributed by atoms with E-state index in [0.717, 1.165) is 4.73 Å². The molecule has 0 bridgehead atoms. The van der Waals surface area contributed by atoms with Gasteiger partial charge in [-0.1, -0.05) is 28.5 Å². The molecule has 0 atom stereocenters. The Hall–Kier alpha value is -2.34. The summed E-state index contributed by atoms with van der Waals surface area (Å²) in [6, 6.07) is 9.57. The van der Waals surface area contributed by atoms with Crippen LogP contribution >= 0.6 is 11.6 Å². The van der Waals surface area contributed by atoms with Gasteiger partial charge in [-0.15, -0.1) is 0 Å². The molecule has 23 heavy (non-hydrogen) atoms. The van der Waals surface area contributed by atoms with Crippen molar-refractivity contribution in [2.45, 2.75) is 0 Å². The van der Waals surface area contributed by atoms with E-state index in [1.807, 2.05) is 11.0 Å². The maximum Gasteiger partial charge on any atom is 0.316 e. The smallest absolute Gasteiger partial charge is 0.316 e. The first-order chi connectivity index (χ1) is 11.1. The van der Waals surface area contributed by atoms with Crippen LogP contribution in [-0.4, -0.2) is 42.2 Å². The van der Waals surface area contributed by atoms with Gasteiger partial charge in [0.1, 0.15) is 25.1 Å². The Bertz CT molecular complexity index is 713. The number of hydrogen-bond donors (Lipinski definition) is 1. The average Bonchev–Trinajstić information content (AvgIpc) is 2.55. The number of nitrogens with zero attached hydrogens (tertiary/aromatic N) is 3. The molecule has 7 heteroatoms. The molecule has 2 aromatic rings. The van der Waals surface area contributed by atoms with Crippen LogP contribution in [0.5, 0.6) is 0 Å². The van der Waals surface area contributed by atoms with Crippen LogP contribution in [0.25, 0.3) is 0 Å². The summed E-state index contributed by atoms with van der Waals surface area (Å²) >= 11 is 5.95. The monoisotopic (exact) mass is 336 g/mol. The molecule has 0 unspecified atom stereocenters. The van der Waals surface area contributed by atoms with Crippen molar-refractivity contribution in [2.24, 2.45) is 0 Å². The van der Waals surface area contributed by atoms with Crippen molar-refractivity contribution in [3.05, 3.63) is 59.0 Å². The maximum atomic E-state index is 13.9. The molecule has 2 heterocycles. The van der Waals surface area contributed by atoms with E-state index < -0.39 is 11.7 Å². The van der Waals surface area contributed by atoms with Crippen LogP contribution in [0.1, 0.15) is 10.4 Å². The topological polar surface area (TPSA) is 47.7 Å². The predicted molar refractivity (Wildman–Crippen MR) is 83.3 cm³/mol. The third-order valence-electron chi connectivity index (χ3n) is 3.89. The fraction of sp³-hybridized carbons (Fsp3) is 0.250. The zero-order chi connectivity index (χ0) is 16.4. The minimum absolute atomic E-state index is 0.0837. The van der Waals surface area contributed by atoms with E-state index in [2.05, 4.69) is 0 Å². The Balaban J connectivity index is 1.72. The Morgan fingerprint density at radius 1 is 1.13 bits per heavy atom. The number of hydrogen-bond acceptors (Lipinski definition) is 3. The highest BCUT2D eigenvalue weighted by molar-refractivity contribution is 6.33. The fourth-order valence-electron chi connectivity index (χ4n) is 2.67. The first-order valence-electron chi connectivity index (χ1n) is 7.26. The van der Waals surface area contributed by atoms with Gasteiger partial charge >= 0.3 is 5.82 Å². The van der Waals surface area contributed by atoms with E-state index in [9.17, 15) is 14.4 Å². The number of pyridine rings is 1. The fourth-order valence-corrected chi connectivity index (χ4v) is 2.92. The highest BCUT2D eigenvalue weighted by atomic mass is 35.5. The second kappa shape index (κ2) is 6.42. The van der Waals surface area contributed by atoms with Gasteiger partial charge in [-0.25, -0.2) is 4.39 Å². The van der Waals surface area contributed by atoms with Gasteiger partial charge in [0.15, 0.2) is 0 Å². The summed E-state index contributed by atoms with van der Waals surface area (Å²) in [5.74, 6) is -0.359. The van der Waals surface area contributed by atoms with Crippen molar-refractivity contribution in [1.82, 2.24) is 4.90 Å². The van der Waals surface area contributed by atoms with E-state index >= 15 is 0 Å². The van der Waals surface area contributed by atoms with Gasteiger partial charge in [0.05, 0.1) is 23.7 Å². The van der Waals surface area contributed by atoms with E-state index in [4.69, 9.17) is 11.6 Å². The van der Waals surface area contributed by atoms with Crippen LogP contribution in [0.2, 0.25) is 5.02 Å². The quantitative estimate of drug-likeness (QED) is 0.674. The van der Waals surface area contributed by atoms with Crippen molar-refractivity contribution in [1.29, 1.82) is 0 Å². The molecule has 1 aromatic carbocycles. The molecule has 1 saturated heterocycles. The summed E-state index contributed by atoms with van der Waals surface area (Å²) in [5, 5.41) is 9.94. The molecular formula is C16H16ClFN3O2+. The van der Waals surface area contributed by atoms with Crippen molar-refractivity contribution in [2.75, 3.05) is 31.1 Å². The molecule has 5 nitrogen and oxygen atoms in total. The molecule has 1 aromatic heterocycles. The molecule has 0 aliphatic carbocycles. The van der Waals surface area contributed by atoms with E-state index in [1.54, 1.807) is 23.2 Å². The van der Waals surface area contributed by atoms with Gasteiger partial charge in [-0.05, 0) is 18.2 Å². The van der Waals surface area contributed by atoms with Crippen LogP contribution in [0.4, 0.5) is 10.2 Å². The van der Waals surface area contributed by atoms with Gasteiger partial charge in [-0.3, -0.25) is 9.69 Å². The lowest BCUT2D eigenvalue weighted by Gasteiger charge is -2.31. The third-order valence-corrected chi connectivity index (χ3v) is 4.20. The normalized spacial score (nSPS) is 14.9. The first kappa shape index (κ1) is 15.6. The summed E-state index contributed by atoms with van der Waals surface area (Å²) in [4.78, 5) is 16.0. The van der Waals surface area contributed by atoms with Gasteiger partial charge < -0.3 is 10.1 Å². The Morgan fingerprint density at radius 2 is 1.87 bits per heavy atom. The molecule has 1 amide bonds. The van der Waals surface area contributed by atoms with Gasteiger partial charge in [0.25, 0.3) is 5.91 Å². The molecule has 1 aliphatic heterocycles. The van der Waals surface area contributed by atoms with Crippen molar-refractivity contribution in [3.8, 4) is 0 Å². The summed E-state index contributed by atoms with van der Waals surface area (Å²) in [5.41, 5.74) is -0.0837. The van der Waals surface area contributed by atoms with E-state index in [1.165, 1.54) is 18.2 Å². The number of amides is 1. The summed E-state index contributed by atoms with van der Waals surface area (Å²) in [7, 11) is 0. The second-order valence-corrected chi connectivity index (χ2v) is 5.69. The lowest BCUT2D eigenvalue weighted by molar-refractivity contribution is -0.894. The minimum atomic E-state index is -0.610. The molecule has 0 spiro atoms. The highest BCUT2D eigenvalue weighted by Gasteiger charge is 2.30. The summed E-state index contributed by atoms with van der Waals surface area (Å²) < 4.78 is 14.9. The summed E-state index contributed by atoms with van der Waals surface area (Å²) in [6.07, 6.45) is 1.55. The third kappa shape index (κ3) is 3.07. The second-order valence-electron chi connectivity index (χ2n) is 5.28. The number of anilines is 1. The molecular weight excluding hydrogens is 321 g/mol. The largest absolute Gasteiger partial charge is 0.350 e. The summed E-state index contributed by atoms with van der Waals surface area (Å²) in [6.45, 7) is 1.95. The highest BCUT2D eigenvalue weighted by Crippen LogP contribution is 2.22. The Morgan fingerprint density at radius 3 is 2.52 bits per heavy atom. The standard InChI is InChI=1S/C16H16ClFN3O2/c17-12-4-3-5-13(18)15(12)16(22)20-10-8-19(9-11-20)14-6-1-2-7-21(14)23/h1-7,23H,8-11H2/q+1. The number of halogens is 2. The average molecular weight is 337 g/mol.